The normalized spacial score (nSPS) is 12.2. The number of hydrogen-bond donors (Lipinski definition) is 0. The highest BCUT2D eigenvalue weighted by Crippen LogP contribution is 2.16. The Morgan fingerprint density at radius 1 is 0.720 bits per heavy atom. The van der Waals surface area contributed by atoms with Crippen LogP contribution in [0, 0.1) is 0 Å². The molecule has 0 saturated carbocycles. The number of hydrogen-bond acceptors (Lipinski definition) is 1. The van der Waals surface area contributed by atoms with Crippen molar-refractivity contribution in [3.05, 3.63) is 35.9 Å². The fraction of sp³-hybridized carbons (Fsp3) is 0.739. The lowest BCUT2D eigenvalue weighted by Gasteiger charge is -2.24. The number of halogens is 1. The molecule has 0 aliphatic heterocycles. The molecule has 1 aromatic carbocycles. The van der Waals surface area contributed by atoms with Gasteiger partial charge < -0.3 is 4.90 Å². The average Bonchev–Trinajstić information content (AvgIpc) is 2.59. The van der Waals surface area contributed by atoms with Gasteiger partial charge in [0.15, 0.2) is 0 Å². The second-order valence-electron chi connectivity index (χ2n) is 7.63. The summed E-state index contributed by atoms with van der Waals surface area (Å²) in [7, 11) is 4.46. The van der Waals surface area contributed by atoms with E-state index < -0.39 is 0 Å². The standard InChI is InChI=1S/C23H41N.FH/c1-4-5-6-7-8-9-10-11-12-13-17-20-23(24(2)3)21-22-18-15-14-16-19-22;/h14-16,18-19,23H,4-13,17,20-21H2,1-3H3;1H. The lowest BCUT2D eigenvalue weighted by Crippen LogP contribution is -2.30. The fourth-order valence-electron chi connectivity index (χ4n) is 3.47. The molecule has 0 heterocycles. The predicted molar refractivity (Wildman–Crippen MR) is 111 cm³/mol. The average molecular weight is 352 g/mol. The Kier molecular flexibility index (Phi) is 16.0. The predicted octanol–water partition coefficient (Wildman–Crippen LogP) is 7.01. The Morgan fingerprint density at radius 2 is 1.20 bits per heavy atom. The second kappa shape index (κ2) is 16.6. The highest BCUT2D eigenvalue weighted by atomic mass is 19.0. The van der Waals surface area contributed by atoms with Gasteiger partial charge in [-0.05, 0) is 32.5 Å². The zero-order chi connectivity index (χ0) is 17.5. The van der Waals surface area contributed by atoms with Crippen LogP contribution in [0.3, 0.4) is 0 Å². The topological polar surface area (TPSA) is 3.24 Å². The third-order valence-electron chi connectivity index (χ3n) is 5.19. The minimum atomic E-state index is 0. The first-order valence-corrected chi connectivity index (χ1v) is 10.4. The smallest absolute Gasteiger partial charge is 0.0130 e. The van der Waals surface area contributed by atoms with Crippen LogP contribution >= 0.6 is 0 Å². The highest BCUT2D eigenvalue weighted by molar-refractivity contribution is 5.15. The van der Waals surface area contributed by atoms with Crippen LogP contribution in [0.4, 0.5) is 4.70 Å². The van der Waals surface area contributed by atoms with Gasteiger partial charge in [-0.25, -0.2) is 0 Å². The molecule has 146 valence electrons. The summed E-state index contributed by atoms with van der Waals surface area (Å²) in [5.74, 6) is 0. The minimum absolute atomic E-state index is 0. The van der Waals surface area contributed by atoms with Crippen molar-refractivity contribution < 1.29 is 4.70 Å². The summed E-state index contributed by atoms with van der Waals surface area (Å²) in [5.41, 5.74) is 1.47. The molecule has 0 N–H and O–H groups in total. The molecule has 0 amide bonds. The summed E-state index contributed by atoms with van der Waals surface area (Å²) in [5, 5.41) is 0. The molecule has 0 saturated heterocycles. The van der Waals surface area contributed by atoms with Gasteiger partial charge in [0, 0.05) is 6.04 Å². The van der Waals surface area contributed by atoms with Crippen molar-refractivity contribution in [3.63, 3.8) is 0 Å². The van der Waals surface area contributed by atoms with Crippen LogP contribution in [0.2, 0.25) is 0 Å². The molecule has 1 rings (SSSR count). The maximum Gasteiger partial charge on any atom is 0.0130 e. The molecule has 1 unspecified atom stereocenters. The molecule has 25 heavy (non-hydrogen) atoms. The third-order valence-corrected chi connectivity index (χ3v) is 5.19. The van der Waals surface area contributed by atoms with Crippen LogP contribution in [0.25, 0.3) is 0 Å². The molecular formula is C23H42FN. The molecule has 1 atom stereocenters. The first kappa shape index (κ1) is 24.1. The van der Waals surface area contributed by atoms with Crippen molar-refractivity contribution in [2.75, 3.05) is 14.1 Å². The lowest BCUT2D eigenvalue weighted by atomic mass is 9.98. The summed E-state index contributed by atoms with van der Waals surface area (Å²) >= 11 is 0. The van der Waals surface area contributed by atoms with E-state index in [1.807, 2.05) is 0 Å². The molecule has 1 nitrogen and oxygen atoms in total. The number of benzene rings is 1. The van der Waals surface area contributed by atoms with Crippen LogP contribution in [-0.4, -0.2) is 25.0 Å². The van der Waals surface area contributed by atoms with Gasteiger partial charge in [0.1, 0.15) is 0 Å². The van der Waals surface area contributed by atoms with E-state index in [4.69, 9.17) is 0 Å². The van der Waals surface area contributed by atoms with Crippen LogP contribution in [0.5, 0.6) is 0 Å². The van der Waals surface area contributed by atoms with Gasteiger partial charge in [-0.15, -0.1) is 0 Å². The van der Waals surface area contributed by atoms with Crippen molar-refractivity contribution in [2.24, 2.45) is 0 Å². The van der Waals surface area contributed by atoms with Gasteiger partial charge in [0.05, 0.1) is 0 Å². The second-order valence-corrected chi connectivity index (χ2v) is 7.63. The van der Waals surface area contributed by atoms with Gasteiger partial charge in [-0.1, -0.05) is 108 Å². The molecular weight excluding hydrogens is 309 g/mol. The summed E-state index contributed by atoms with van der Waals surface area (Å²) in [6.07, 6.45) is 18.2. The van der Waals surface area contributed by atoms with Crippen LogP contribution in [0.1, 0.15) is 89.5 Å². The van der Waals surface area contributed by atoms with E-state index in [0.717, 1.165) is 0 Å². The van der Waals surface area contributed by atoms with Crippen LogP contribution in [0.15, 0.2) is 30.3 Å². The molecule has 0 spiro atoms. The zero-order valence-corrected chi connectivity index (χ0v) is 17.0. The Labute approximate surface area is 156 Å². The van der Waals surface area contributed by atoms with E-state index in [-0.39, 0.29) is 4.70 Å². The Morgan fingerprint density at radius 3 is 1.68 bits per heavy atom. The Balaban J connectivity index is 0.00000576. The summed E-state index contributed by atoms with van der Waals surface area (Å²) in [6.45, 7) is 2.29. The first-order chi connectivity index (χ1) is 11.7. The Bertz CT molecular complexity index is 377. The maximum atomic E-state index is 2.41. The third kappa shape index (κ3) is 13.0. The minimum Gasteiger partial charge on any atom is -0.306 e. The summed E-state index contributed by atoms with van der Waals surface area (Å²) in [6, 6.07) is 11.6. The van der Waals surface area contributed by atoms with Gasteiger partial charge in [-0.3, -0.25) is 4.70 Å². The van der Waals surface area contributed by atoms with Gasteiger partial charge in [0.2, 0.25) is 0 Å². The van der Waals surface area contributed by atoms with E-state index in [2.05, 4.69) is 56.3 Å². The zero-order valence-electron chi connectivity index (χ0n) is 17.0. The number of likely N-dealkylation sites (N-methyl/N-ethyl adjacent to an activating group) is 1. The van der Waals surface area contributed by atoms with Crippen LogP contribution < -0.4 is 0 Å². The summed E-state index contributed by atoms with van der Waals surface area (Å²) < 4.78 is 0. The first-order valence-electron chi connectivity index (χ1n) is 10.4. The van der Waals surface area contributed by atoms with E-state index in [1.54, 1.807) is 0 Å². The molecule has 0 aromatic heterocycles. The largest absolute Gasteiger partial charge is 0.306 e. The van der Waals surface area contributed by atoms with Crippen LogP contribution in [-0.2, 0) is 6.42 Å². The van der Waals surface area contributed by atoms with Crippen molar-refractivity contribution >= 4 is 0 Å². The monoisotopic (exact) mass is 351 g/mol. The maximum absolute atomic E-state index is 2.41. The quantitative estimate of drug-likeness (QED) is 0.307. The lowest BCUT2D eigenvalue weighted by molar-refractivity contribution is 0.269. The highest BCUT2D eigenvalue weighted by Gasteiger charge is 2.11. The van der Waals surface area contributed by atoms with Gasteiger partial charge in [-0.2, -0.15) is 0 Å². The fourth-order valence-corrected chi connectivity index (χ4v) is 3.47. The number of rotatable bonds is 15. The van der Waals surface area contributed by atoms with E-state index in [0.29, 0.717) is 6.04 Å². The molecule has 1 aromatic rings. The molecule has 0 aliphatic carbocycles. The van der Waals surface area contributed by atoms with Crippen molar-refractivity contribution in [1.82, 2.24) is 4.90 Å². The Hall–Kier alpha value is -0.890. The summed E-state index contributed by atoms with van der Waals surface area (Å²) in [4.78, 5) is 2.41. The van der Waals surface area contributed by atoms with Crippen molar-refractivity contribution in [2.45, 2.75) is 96.4 Å². The van der Waals surface area contributed by atoms with Crippen molar-refractivity contribution in [1.29, 1.82) is 0 Å². The molecule has 2 heteroatoms. The van der Waals surface area contributed by atoms with E-state index in [9.17, 15) is 0 Å². The molecule has 0 aliphatic rings. The van der Waals surface area contributed by atoms with Crippen molar-refractivity contribution in [3.8, 4) is 0 Å². The SMILES string of the molecule is CCCCCCCCCCCCCC(Cc1ccccc1)N(C)C.F. The van der Waals surface area contributed by atoms with Gasteiger partial charge >= 0.3 is 0 Å². The molecule has 0 bridgehead atoms. The number of unbranched alkanes of at least 4 members (excludes halogenated alkanes) is 10. The van der Waals surface area contributed by atoms with E-state index >= 15 is 0 Å². The molecule has 0 fully saturated rings. The number of nitrogens with zero attached hydrogens (tertiary/aromatic N) is 1. The van der Waals surface area contributed by atoms with Gasteiger partial charge in [0.25, 0.3) is 0 Å². The van der Waals surface area contributed by atoms with E-state index in [1.165, 1.54) is 89.0 Å². The molecule has 0 radical (unpaired) electrons.